The van der Waals surface area contributed by atoms with Crippen molar-refractivity contribution < 1.29 is 9.50 Å². The minimum atomic E-state index is -0.420. The third-order valence-corrected chi connectivity index (χ3v) is 4.26. The van der Waals surface area contributed by atoms with Crippen molar-refractivity contribution in [3.8, 4) is 0 Å². The molecule has 0 bridgehead atoms. The minimum Gasteiger partial charge on any atom is -0.395 e. The fraction of sp³-hybridized carbons (Fsp3) is 0.500. The van der Waals surface area contributed by atoms with Crippen molar-refractivity contribution >= 4 is 10.9 Å². The summed E-state index contributed by atoms with van der Waals surface area (Å²) < 4.78 is 14.9. The van der Waals surface area contributed by atoms with E-state index < -0.39 is 5.82 Å². The minimum absolute atomic E-state index is 0.156. The number of aliphatic hydroxyl groups is 1. The number of hydrogen-bond acceptors (Lipinski definition) is 4. The second-order valence-corrected chi connectivity index (χ2v) is 5.90. The molecule has 1 saturated heterocycles. The van der Waals surface area contributed by atoms with Crippen molar-refractivity contribution in [2.45, 2.75) is 19.4 Å². The normalized spacial score (nSPS) is 19.6. The number of hydrogen-bond donors (Lipinski definition) is 1. The lowest BCUT2D eigenvalue weighted by Gasteiger charge is -2.32. The number of aliphatic hydroxyl groups excluding tert-OH is 1. The number of piperidine rings is 1. The van der Waals surface area contributed by atoms with Crippen LogP contribution in [0.1, 0.15) is 12.8 Å². The van der Waals surface area contributed by atoms with Crippen molar-refractivity contribution in [3.63, 3.8) is 0 Å². The van der Waals surface area contributed by atoms with Gasteiger partial charge in [0.25, 0.3) is 5.56 Å². The molecule has 0 saturated carbocycles. The molecule has 1 atom stereocenters. The van der Waals surface area contributed by atoms with E-state index in [0.717, 1.165) is 25.9 Å². The smallest absolute Gasteiger partial charge is 0.261 e. The van der Waals surface area contributed by atoms with Crippen LogP contribution in [0.3, 0.4) is 0 Å². The third kappa shape index (κ3) is 3.18. The zero-order valence-corrected chi connectivity index (χ0v) is 12.4. The van der Waals surface area contributed by atoms with Gasteiger partial charge in [0.1, 0.15) is 5.82 Å². The van der Waals surface area contributed by atoms with Crippen molar-refractivity contribution in [2.75, 3.05) is 26.2 Å². The summed E-state index contributed by atoms with van der Waals surface area (Å²) in [5.41, 5.74) is 0.331. The van der Waals surface area contributed by atoms with Gasteiger partial charge in [0, 0.05) is 19.6 Å². The summed E-state index contributed by atoms with van der Waals surface area (Å²) in [6.45, 7) is 3.28. The Morgan fingerprint density at radius 2 is 2.27 bits per heavy atom. The first-order valence-corrected chi connectivity index (χ1v) is 7.65. The fourth-order valence-corrected chi connectivity index (χ4v) is 3.18. The van der Waals surface area contributed by atoms with E-state index in [1.54, 1.807) is 10.9 Å². The molecule has 1 aromatic carbocycles. The molecular weight excluding hydrogens is 285 g/mol. The number of β-amino-alcohol motifs (C(OH)–C–C–N with tert-alkyl or cyclic N) is 1. The van der Waals surface area contributed by atoms with Crippen LogP contribution in [0, 0.1) is 11.7 Å². The Morgan fingerprint density at radius 1 is 1.41 bits per heavy atom. The predicted molar refractivity (Wildman–Crippen MR) is 82.2 cm³/mol. The topological polar surface area (TPSA) is 58.4 Å². The quantitative estimate of drug-likeness (QED) is 0.923. The van der Waals surface area contributed by atoms with Crippen molar-refractivity contribution in [3.05, 3.63) is 40.7 Å². The first-order chi connectivity index (χ1) is 10.7. The number of likely N-dealkylation sites (tertiary alicyclic amines) is 1. The number of rotatable bonds is 4. The van der Waals surface area contributed by atoms with Crippen LogP contribution in [0.2, 0.25) is 0 Å². The lowest BCUT2D eigenvalue weighted by molar-refractivity contribution is 0.132. The molecule has 6 heteroatoms. The van der Waals surface area contributed by atoms with Gasteiger partial charge in [-0.3, -0.25) is 9.36 Å². The van der Waals surface area contributed by atoms with Crippen LogP contribution >= 0.6 is 0 Å². The first-order valence-electron chi connectivity index (χ1n) is 7.65. The van der Waals surface area contributed by atoms with Gasteiger partial charge in [-0.25, -0.2) is 9.37 Å². The standard InChI is InChI=1S/C16H20FN3O2/c17-13-3-4-15-14(8-13)16(22)20(11-18-15)10-12-2-1-5-19(9-12)6-7-21/h3-4,8,11-12,21H,1-2,5-7,9-10H2/t12-/m1/s1. The average molecular weight is 305 g/mol. The molecule has 5 nitrogen and oxygen atoms in total. The highest BCUT2D eigenvalue weighted by Gasteiger charge is 2.20. The highest BCUT2D eigenvalue weighted by molar-refractivity contribution is 5.77. The van der Waals surface area contributed by atoms with Crippen molar-refractivity contribution in [1.82, 2.24) is 14.5 Å². The van der Waals surface area contributed by atoms with E-state index in [-0.39, 0.29) is 12.2 Å². The molecule has 0 spiro atoms. The summed E-state index contributed by atoms with van der Waals surface area (Å²) >= 11 is 0. The molecule has 1 fully saturated rings. The Kier molecular flexibility index (Phi) is 4.49. The molecule has 1 N–H and O–H groups in total. The maximum atomic E-state index is 13.3. The van der Waals surface area contributed by atoms with Gasteiger partial charge >= 0.3 is 0 Å². The third-order valence-electron chi connectivity index (χ3n) is 4.26. The lowest BCUT2D eigenvalue weighted by atomic mass is 9.98. The second kappa shape index (κ2) is 6.54. The molecular formula is C16H20FN3O2. The first kappa shape index (κ1) is 15.1. The van der Waals surface area contributed by atoms with E-state index in [1.807, 2.05) is 0 Å². The van der Waals surface area contributed by atoms with Gasteiger partial charge in [-0.1, -0.05) is 0 Å². The molecule has 0 amide bonds. The van der Waals surface area contributed by atoms with Crippen LogP contribution in [0.4, 0.5) is 4.39 Å². The van der Waals surface area contributed by atoms with Crippen LogP contribution in [-0.2, 0) is 6.54 Å². The van der Waals surface area contributed by atoms with Gasteiger partial charge in [-0.05, 0) is 43.5 Å². The molecule has 0 unspecified atom stereocenters. The number of benzene rings is 1. The molecule has 1 aromatic heterocycles. The summed E-state index contributed by atoms with van der Waals surface area (Å²) in [7, 11) is 0. The van der Waals surface area contributed by atoms with Crippen LogP contribution < -0.4 is 5.56 Å². The Labute approximate surface area is 128 Å². The molecule has 1 aliphatic heterocycles. The Bertz CT molecular complexity index is 714. The molecule has 2 heterocycles. The second-order valence-electron chi connectivity index (χ2n) is 5.90. The predicted octanol–water partition coefficient (Wildman–Crippen LogP) is 1.24. The highest BCUT2D eigenvalue weighted by atomic mass is 19.1. The maximum absolute atomic E-state index is 13.3. The van der Waals surface area contributed by atoms with E-state index in [0.29, 0.717) is 29.9 Å². The Hall–Kier alpha value is -1.79. The van der Waals surface area contributed by atoms with Gasteiger partial charge in [0.2, 0.25) is 0 Å². The van der Waals surface area contributed by atoms with Gasteiger partial charge in [-0.15, -0.1) is 0 Å². The Morgan fingerprint density at radius 3 is 3.09 bits per heavy atom. The summed E-state index contributed by atoms with van der Waals surface area (Å²) in [6, 6.07) is 4.09. The summed E-state index contributed by atoms with van der Waals surface area (Å²) in [6.07, 6.45) is 3.66. The molecule has 3 rings (SSSR count). The lowest BCUT2D eigenvalue weighted by Crippen LogP contribution is -2.39. The van der Waals surface area contributed by atoms with E-state index >= 15 is 0 Å². The summed E-state index contributed by atoms with van der Waals surface area (Å²) in [5.74, 6) is -0.0678. The van der Waals surface area contributed by atoms with E-state index in [2.05, 4.69) is 9.88 Å². The zero-order chi connectivity index (χ0) is 15.5. The number of nitrogens with zero attached hydrogens (tertiary/aromatic N) is 3. The van der Waals surface area contributed by atoms with E-state index in [1.165, 1.54) is 18.2 Å². The van der Waals surface area contributed by atoms with Crippen LogP contribution in [0.25, 0.3) is 10.9 Å². The monoisotopic (exact) mass is 305 g/mol. The number of fused-ring (bicyclic) bond motifs is 1. The summed E-state index contributed by atoms with van der Waals surface area (Å²) in [5, 5.41) is 9.37. The van der Waals surface area contributed by atoms with Gasteiger partial charge in [-0.2, -0.15) is 0 Å². The SMILES string of the molecule is O=c1c2cc(F)ccc2ncn1C[C@@H]1CCCN(CCO)C1. The van der Waals surface area contributed by atoms with Gasteiger partial charge in [0.15, 0.2) is 0 Å². The largest absolute Gasteiger partial charge is 0.395 e. The summed E-state index contributed by atoms with van der Waals surface area (Å²) in [4.78, 5) is 18.9. The Balaban J connectivity index is 1.82. The highest BCUT2D eigenvalue weighted by Crippen LogP contribution is 2.18. The van der Waals surface area contributed by atoms with Crippen molar-refractivity contribution in [2.24, 2.45) is 5.92 Å². The zero-order valence-electron chi connectivity index (χ0n) is 12.4. The average Bonchev–Trinajstić information content (AvgIpc) is 2.51. The van der Waals surface area contributed by atoms with Crippen LogP contribution in [0.5, 0.6) is 0 Å². The number of halogens is 1. The van der Waals surface area contributed by atoms with Crippen LogP contribution in [-0.4, -0.2) is 45.8 Å². The molecule has 0 radical (unpaired) electrons. The molecule has 2 aromatic rings. The molecule has 118 valence electrons. The molecule has 22 heavy (non-hydrogen) atoms. The molecule has 0 aliphatic carbocycles. The van der Waals surface area contributed by atoms with Gasteiger partial charge < -0.3 is 10.0 Å². The fourth-order valence-electron chi connectivity index (χ4n) is 3.18. The van der Waals surface area contributed by atoms with E-state index in [9.17, 15) is 9.18 Å². The molecule has 1 aliphatic rings. The van der Waals surface area contributed by atoms with Crippen molar-refractivity contribution in [1.29, 1.82) is 0 Å². The number of aromatic nitrogens is 2. The van der Waals surface area contributed by atoms with Crippen LogP contribution in [0.15, 0.2) is 29.3 Å². The van der Waals surface area contributed by atoms with Gasteiger partial charge in [0.05, 0.1) is 23.8 Å². The maximum Gasteiger partial charge on any atom is 0.261 e. The van der Waals surface area contributed by atoms with E-state index in [4.69, 9.17) is 5.11 Å².